The molecule has 0 aromatic carbocycles. The third kappa shape index (κ3) is 3.51. The molecule has 72 valence electrons. The van der Waals surface area contributed by atoms with E-state index in [9.17, 15) is 8.42 Å². The van der Waals surface area contributed by atoms with Gasteiger partial charge in [0.15, 0.2) is 0 Å². The molecule has 0 amide bonds. The van der Waals surface area contributed by atoms with Gasteiger partial charge in [-0.25, -0.2) is 13.6 Å². The molecule has 0 spiro atoms. The summed E-state index contributed by atoms with van der Waals surface area (Å²) >= 11 is 0. The molecule has 2 atom stereocenters. The van der Waals surface area contributed by atoms with Crippen LogP contribution >= 0.6 is 0 Å². The number of hydrogen-bond donors (Lipinski definition) is 2. The predicted octanol–water partition coefficient (Wildman–Crippen LogP) is -0.208. The van der Waals surface area contributed by atoms with Gasteiger partial charge in [-0.2, -0.15) is 0 Å². The van der Waals surface area contributed by atoms with Gasteiger partial charge in [0.25, 0.3) is 0 Å². The Kier molecular flexibility index (Phi) is 3.09. The van der Waals surface area contributed by atoms with E-state index < -0.39 is 10.0 Å². The molecule has 1 saturated carbocycles. The van der Waals surface area contributed by atoms with E-state index in [4.69, 9.17) is 10.9 Å². The molecule has 1 aliphatic rings. The van der Waals surface area contributed by atoms with Crippen LogP contribution in [0.3, 0.4) is 0 Å². The van der Waals surface area contributed by atoms with Crippen molar-refractivity contribution in [1.82, 2.24) is 0 Å². The fourth-order valence-corrected chi connectivity index (χ4v) is 2.37. The fraction of sp³-hybridized carbons (Fsp3) is 1.00. The van der Waals surface area contributed by atoms with E-state index in [1.54, 1.807) is 0 Å². The number of primary sulfonamides is 1. The highest BCUT2D eigenvalue weighted by atomic mass is 32.2. The first-order valence-electron chi connectivity index (χ1n) is 4.23. The van der Waals surface area contributed by atoms with Crippen molar-refractivity contribution in [3.63, 3.8) is 0 Å². The van der Waals surface area contributed by atoms with Crippen molar-refractivity contribution in [2.75, 3.05) is 5.75 Å². The molecule has 1 aliphatic carbocycles. The Labute approximate surface area is 73.4 Å². The first-order valence-corrected chi connectivity index (χ1v) is 5.95. The molecule has 4 nitrogen and oxygen atoms in total. The maximum atomic E-state index is 10.6. The van der Waals surface area contributed by atoms with Crippen molar-refractivity contribution in [3.8, 4) is 0 Å². The van der Waals surface area contributed by atoms with Gasteiger partial charge in [0.1, 0.15) is 0 Å². The highest BCUT2D eigenvalue weighted by molar-refractivity contribution is 7.89. The Morgan fingerprint density at radius 2 is 2.00 bits per heavy atom. The van der Waals surface area contributed by atoms with Gasteiger partial charge in [0, 0.05) is 6.04 Å². The Balaban J connectivity index is 2.25. The third-order valence-corrected chi connectivity index (χ3v) is 3.20. The Morgan fingerprint density at radius 3 is 2.42 bits per heavy atom. The Hall–Kier alpha value is -0.130. The van der Waals surface area contributed by atoms with E-state index in [1.165, 1.54) is 0 Å². The van der Waals surface area contributed by atoms with Gasteiger partial charge in [0.05, 0.1) is 5.75 Å². The lowest BCUT2D eigenvalue weighted by atomic mass is 10.1. The summed E-state index contributed by atoms with van der Waals surface area (Å²) in [5, 5.41) is 4.89. The molecule has 12 heavy (non-hydrogen) atoms. The molecule has 0 aromatic rings. The minimum Gasteiger partial charge on any atom is -0.328 e. The first-order chi connectivity index (χ1) is 5.47. The zero-order valence-corrected chi connectivity index (χ0v) is 7.89. The van der Waals surface area contributed by atoms with Gasteiger partial charge in [-0.05, 0) is 31.6 Å². The molecule has 0 radical (unpaired) electrons. The van der Waals surface area contributed by atoms with Crippen molar-refractivity contribution in [2.45, 2.75) is 31.7 Å². The third-order valence-electron chi connectivity index (χ3n) is 2.39. The SMILES string of the molecule is N[C@H]1CC[C@@H](CCS(N)(=O)=O)C1. The molecular formula is C7H16N2O2S. The lowest BCUT2D eigenvalue weighted by Gasteiger charge is -2.06. The van der Waals surface area contributed by atoms with Crippen molar-refractivity contribution < 1.29 is 8.42 Å². The van der Waals surface area contributed by atoms with Crippen LogP contribution < -0.4 is 10.9 Å². The van der Waals surface area contributed by atoms with E-state index in [-0.39, 0.29) is 11.8 Å². The molecule has 0 heterocycles. The molecule has 1 rings (SSSR count). The standard InChI is InChI=1S/C7H16N2O2S/c8-7-2-1-6(5-7)3-4-12(9,10)11/h6-7H,1-5,8H2,(H2,9,10,11)/t6-,7-/m0/s1. The van der Waals surface area contributed by atoms with Crippen molar-refractivity contribution in [2.24, 2.45) is 16.8 Å². The van der Waals surface area contributed by atoms with Gasteiger partial charge >= 0.3 is 0 Å². The Bertz CT molecular complexity index is 238. The minimum atomic E-state index is -3.27. The average molecular weight is 192 g/mol. The van der Waals surface area contributed by atoms with Crippen LogP contribution in [-0.4, -0.2) is 20.2 Å². The zero-order valence-electron chi connectivity index (χ0n) is 7.07. The summed E-state index contributed by atoms with van der Waals surface area (Å²) in [4.78, 5) is 0. The van der Waals surface area contributed by atoms with Crippen molar-refractivity contribution >= 4 is 10.0 Å². The van der Waals surface area contributed by atoms with Crippen LogP contribution in [-0.2, 0) is 10.0 Å². The lowest BCUT2D eigenvalue weighted by Crippen LogP contribution is -2.19. The van der Waals surface area contributed by atoms with E-state index in [1.807, 2.05) is 0 Å². The van der Waals surface area contributed by atoms with Crippen LogP contribution in [0.1, 0.15) is 25.7 Å². The van der Waals surface area contributed by atoms with Gasteiger partial charge < -0.3 is 5.73 Å². The van der Waals surface area contributed by atoms with Crippen molar-refractivity contribution in [3.05, 3.63) is 0 Å². The van der Waals surface area contributed by atoms with Gasteiger partial charge in [-0.15, -0.1) is 0 Å². The molecule has 0 saturated heterocycles. The molecule has 0 aliphatic heterocycles. The van der Waals surface area contributed by atoms with Crippen LogP contribution in [0.25, 0.3) is 0 Å². The van der Waals surface area contributed by atoms with Gasteiger partial charge in [0.2, 0.25) is 10.0 Å². The highest BCUT2D eigenvalue weighted by Crippen LogP contribution is 2.26. The largest absolute Gasteiger partial charge is 0.328 e. The quantitative estimate of drug-likeness (QED) is 0.649. The van der Waals surface area contributed by atoms with Crippen LogP contribution in [0, 0.1) is 5.92 Å². The fourth-order valence-electron chi connectivity index (χ4n) is 1.71. The maximum absolute atomic E-state index is 10.6. The summed E-state index contributed by atoms with van der Waals surface area (Å²) < 4.78 is 21.2. The monoisotopic (exact) mass is 192 g/mol. The predicted molar refractivity (Wildman–Crippen MR) is 47.9 cm³/mol. The summed E-state index contributed by atoms with van der Waals surface area (Å²) in [7, 11) is -3.27. The van der Waals surface area contributed by atoms with E-state index in [0.717, 1.165) is 19.3 Å². The lowest BCUT2D eigenvalue weighted by molar-refractivity contribution is 0.513. The smallest absolute Gasteiger partial charge is 0.209 e. The zero-order chi connectivity index (χ0) is 9.19. The second-order valence-electron chi connectivity index (χ2n) is 3.59. The van der Waals surface area contributed by atoms with Crippen LogP contribution in [0.15, 0.2) is 0 Å². The minimum absolute atomic E-state index is 0.102. The van der Waals surface area contributed by atoms with E-state index >= 15 is 0 Å². The second kappa shape index (κ2) is 3.72. The van der Waals surface area contributed by atoms with Gasteiger partial charge in [-0.3, -0.25) is 0 Å². The number of hydrogen-bond acceptors (Lipinski definition) is 3. The molecule has 1 fully saturated rings. The molecular weight excluding hydrogens is 176 g/mol. The van der Waals surface area contributed by atoms with Crippen LogP contribution in [0.5, 0.6) is 0 Å². The highest BCUT2D eigenvalue weighted by Gasteiger charge is 2.22. The van der Waals surface area contributed by atoms with E-state index in [2.05, 4.69) is 0 Å². The summed E-state index contributed by atoms with van der Waals surface area (Å²) in [6, 6.07) is 0.274. The normalized spacial score (nSPS) is 30.8. The summed E-state index contributed by atoms with van der Waals surface area (Å²) in [6.45, 7) is 0. The second-order valence-corrected chi connectivity index (χ2v) is 5.33. The molecule has 5 heteroatoms. The number of nitrogens with two attached hydrogens (primary N) is 2. The van der Waals surface area contributed by atoms with Crippen LogP contribution in [0.2, 0.25) is 0 Å². The van der Waals surface area contributed by atoms with Crippen molar-refractivity contribution in [1.29, 1.82) is 0 Å². The first kappa shape index (κ1) is 9.95. The molecule has 0 unspecified atom stereocenters. The molecule has 0 bridgehead atoms. The summed E-state index contributed by atoms with van der Waals surface area (Å²) in [5.74, 6) is 0.572. The summed E-state index contributed by atoms with van der Waals surface area (Å²) in [5.41, 5.74) is 5.68. The number of sulfonamides is 1. The maximum Gasteiger partial charge on any atom is 0.209 e. The topological polar surface area (TPSA) is 86.2 Å². The molecule has 4 N–H and O–H groups in total. The van der Waals surface area contributed by atoms with Gasteiger partial charge in [-0.1, -0.05) is 0 Å². The molecule has 0 aromatic heterocycles. The van der Waals surface area contributed by atoms with E-state index in [0.29, 0.717) is 12.3 Å². The average Bonchev–Trinajstić information content (AvgIpc) is 2.30. The number of rotatable bonds is 3. The Morgan fingerprint density at radius 1 is 1.33 bits per heavy atom. The van der Waals surface area contributed by atoms with Crippen LogP contribution in [0.4, 0.5) is 0 Å². The summed E-state index contributed by atoms with van der Waals surface area (Å²) in [6.07, 6.45) is 3.70.